The lowest BCUT2D eigenvalue weighted by atomic mass is 9.97. The molecule has 9 N–H and O–H groups in total. The van der Waals surface area contributed by atoms with Gasteiger partial charge in [-0.15, -0.1) is 0 Å². The Morgan fingerprint density at radius 1 is 0.440 bits per heavy atom. The molecule has 482 valence electrons. The second-order valence-corrected chi connectivity index (χ2v) is 22.8. The van der Waals surface area contributed by atoms with Gasteiger partial charge in [0.25, 0.3) is 0 Å². The summed E-state index contributed by atoms with van der Waals surface area (Å²) in [5.74, 6) is -0.338. The fraction of sp³-hybridized carbons (Fsp3) is 0.729. The van der Waals surface area contributed by atoms with Crippen molar-refractivity contribution in [2.75, 3.05) is 19.8 Å². The van der Waals surface area contributed by atoms with E-state index in [1.54, 1.807) is 6.08 Å². The molecule has 2 saturated heterocycles. The van der Waals surface area contributed by atoms with Gasteiger partial charge in [-0.1, -0.05) is 252 Å². The highest BCUT2D eigenvalue weighted by Crippen LogP contribution is 2.30. The van der Waals surface area contributed by atoms with Crippen LogP contribution in [0.25, 0.3) is 0 Å². The van der Waals surface area contributed by atoms with Crippen molar-refractivity contribution in [2.24, 2.45) is 0 Å². The van der Waals surface area contributed by atoms with Gasteiger partial charge in [-0.25, -0.2) is 0 Å². The zero-order chi connectivity index (χ0) is 60.9. The van der Waals surface area contributed by atoms with Crippen LogP contribution >= 0.6 is 0 Å². The van der Waals surface area contributed by atoms with Gasteiger partial charge in [-0.05, 0) is 83.5 Å². The molecule has 12 unspecified atom stereocenters. The molecule has 12 atom stereocenters. The van der Waals surface area contributed by atoms with Gasteiger partial charge in [0.15, 0.2) is 12.6 Å². The van der Waals surface area contributed by atoms with Crippen LogP contribution in [0.5, 0.6) is 0 Å². The molecule has 0 spiro atoms. The molecular formula is C70H119NO13. The molecule has 1 amide bonds. The van der Waals surface area contributed by atoms with Gasteiger partial charge in [0.05, 0.1) is 32.0 Å². The van der Waals surface area contributed by atoms with Crippen LogP contribution in [0.1, 0.15) is 232 Å². The third kappa shape index (κ3) is 38.0. The predicted octanol–water partition coefficient (Wildman–Crippen LogP) is 12.8. The summed E-state index contributed by atoms with van der Waals surface area (Å²) >= 11 is 0. The van der Waals surface area contributed by atoms with Crippen molar-refractivity contribution in [1.29, 1.82) is 0 Å². The van der Waals surface area contributed by atoms with Crippen LogP contribution in [-0.2, 0) is 23.7 Å². The third-order valence-corrected chi connectivity index (χ3v) is 15.4. The summed E-state index contributed by atoms with van der Waals surface area (Å²) in [5, 5.41) is 87.1. The predicted molar refractivity (Wildman–Crippen MR) is 341 cm³/mol. The Morgan fingerprint density at radius 3 is 1.30 bits per heavy atom. The highest BCUT2D eigenvalue weighted by molar-refractivity contribution is 5.76. The molecule has 2 fully saturated rings. The number of aliphatic hydroxyl groups is 8. The van der Waals surface area contributed by atoms with Gasteiger partial charge in [0, 0.05) is 6.42 Å². The summed E-state index contributed by atoms with van der Waals surface area (Å²) < 4.78 is 22.7. The lowest BCUT2D eigenvalue weighted by Crippen LogP contribution is -2.65. The smallest absolute Gasteiger partial charge is 0.220 e. The molecule has 0 aromatic carbocycles. The Kier molecular flexibility index (Phi) is 49.2. The first kappa shape index (κ1) is 76.7. The van der Waals surface area contributed by atoms with E-state index in [0.717, 1.165) is 64.2 Å². The summed E-state index contributed by atoms with van der Waals surface area (Å²) in [4.78, 5) is 13.2. The standard InChI is InChI=1S/C70H119NO13/c1-3-5-7-9-11-13-15-17-19-21-23-24-25-26-27-28-29-30-31-32-33-34-36-37-39-41-43-45-47-49-51-53-59(74)58(71-62(75)54-52-50-48-46-44-42-40-38-35-22-20-18-16-14-12-10-8-6-4-2)57-81-69-67(80)65(78)68(61(56-73)83-69)84-70-66(79)64(77)63(76)60(55-72)82-70/h6,8,12,14,18,20,35-38,42-45,48,50-51,53,58-61,63-70,72-74,76-80H,3-5,7,9-11,13,15-17,19,21-34,39-41,46-47,49,52,54-57H2,1-2H3,(H,71,75)/b8-6-,14-12-,20-18-,37-36+,38-35-,44-42-,45-43+,50-48-,53-51+. The maximum atomic E-state index is 13.2. The van der Waals surface area contributed by atoms with E-state index < -0.39 is 86.8 Å². The van der Waals surface area contributed by atoms with Crippen molar-refractivity contribution < 1.29 is 64.6 Å². The van der Waals surface area contributed by atoms with Crippen molar-refractivity contribution in [1.82, 2.24) is 5.32 Å². The quantitative estimate of drug-likeness (QED) is 0.0204. The topological polar surface area (TPSA) is 228 Å². The number of hydrogen-bond donors (Lipinski definition) is 9. The molecule has 0 saturated carbocycles. The van der Waals surface area contributed by atoms with Crippen molar-refractivity contribution in [3.8, 4) is 0 Å². The Hall–Kier alpha value is -3.35. The normalized spacial score (nSPS) is 24.4. The number of carbonyl (C=O) groups excluding carboxylic acids is 1. The molecular weight excluding hydrogens is 1060 g/mol. The first-order valence-corrected chi connectivity index (χ1v) is 33.1. The number of carbonyl (C=O) groups is 1. The van der Waals surface area contributed by atoms with Crippen LogP contribution in [0.4, 0.5) is 0 Å². The number of amides is 1. The minimum Gasteiger partial charge on any atom is -0.394 e. The van der Waals surface area contributed by atoms with E-state index >= 15 is 0 Å². The fourth-order valence-electron chi connectivity index (χ4n) is 10.2. The van der Waals surface area contributed by atoms with Crippen LogP contribution in [0, 0.1) is 0 Å². The van der Waals surface area contributed by atoms with Crippen LogP contribution in [-0.4, -0.2) is 140 Å². The monoisotopic (exact) mass is 1180 g/mol. The zero-order valence-corrected chi connectivity index (χ0v) is 52.1. The average molecular weight is 1180 g/mol. The second kappa shape index (κ2) is 53.9. The van der Waals surface area contributed by atoms with E-state index in [-0.39, 0.29) is 18.9 Å². The number of aliphatic hydroxyl groups excluding tert-OH is 8. The molecule has 0 aromatic heterocycles. The molecule has 0 radical (unpaired) electrons. The highest BCUT2D eigenvalue weighted by atomic mass is 16.7. The molecule has 14 heteroatoms. The van der Waals surface area contributed by atoms with E-state index in [2.05, 4.69) is 104 Å². The van der Waals surface area contributed by atoms with Gasteiger partial charge < -0.3 is 65.1 Å². The van der Waals surface area contributed by atoms with Crippen LogP contribution in [0.15, 0.2) is 109 Å². The van der Waals surface area contributed by atoms with Crippen molar-refractivity contribution in [3.05, 3.63) is 109 Å². The maximum absolute atomic E-state index is 13.2. The number of rotatable bonds is 52. The summed E-state index contributed by atoms with van der Waals surface area (Å²) in [5.41, 5.74) is 0. The average Bonchev–Trinajstić information content (AvgIpc) is 3.62. The van der Waals surface area contributed by atoms with Crippen molar-refractivity contribution in [2.45, 2.75) is 306 Å². The molecule has 84 heavy (non-hydrogen) atoms. The molecule has 0 bridgehead atoms. The summed E-state index contributed by atoms with van der Waals surface area (Å²) in [6, 6.07) is -0.987. The molecule has 0 aromatic rings. The van der Waals surface area contributed by atoms with E-state index in [1.165, 1.54) is 135 Å². The first-order chi connectivity index (χ1) is 41.1. The Morgan fingerprint density at radius 2 is 0.833 bits per heavy atom. The largest absolute Gasteiger partial charge is 0.394 e. The minimum atomic E-state index is -1.81. The van der Waals surface area contributed by atoms with Crippen molar-refractivity contribution >= 4 is 5.91 Å². The van der Waals surface area contributed by atoms with Gasteiger partial charge in [-0.2, -0.15) is 0 Å². The first-order valence-electron chi connectivity index (χ1n) is 33.1. The summed E-state index contributed by atoms with van der Waals surface area (Å²) in [7, 11) is 0. The number of ether oxygens (including phenoxy) is 4. The van der Waals surface area contributed by atoms with Gasteiger partial charge in [0.1, 0.15) is 48.8 Å². The van der Waals surface area contributed by atoms with E-state index in [4.69, 9.17) is 18.9 Å². The Balaban J connectivity index is 1.75. The number of allylic oxidation sites excluding steroid dienone is 17. The third-order valence-electron chi connectivity index (χ3n) is 15.4. The van der Waals surface area contributed by atoms with Gasteiger partial charge in [0.2, 0.25) is 5.91 Å². The van der Waals surface area contributed by atoms with Crippen LogP contribution < -0.4 is 5.32 Å². The van der Waals surface area contributed by atoms with Crippen LogP contribution in [0.2, 0.25) is 0 Å². The summed E-state index contributed by atoms with van der Waals surface area (Å²) in [6.07, 6.45) is 60.3. The van der Waals surface area contributed by atoms with Crippen LogP contribution in [0.3, 0.4) is 0 Å². The number of nitrogens with one attached hydrogen (secondary N) is 1. The molecule has 2 aliphatic heterocycles. The molecule has 2 heterocycles. The minimum absolute atomic E-state index is 0.138. The Bertz CT molecular complexity index is 1820. The summed E-state index contributed by atoms with van der Waals surface area (Å²) in [6.45, 7) is 2.61. The Labute approximate surface area is 508 Å². The van der Waals surface area contributed by atoms with Gasteiger partial charge >= 0.3 is 0 Å². The molecule has 2 rings (SSSR count). The van der Waals surface area contributed by atoms with Crippen molar-refractivity contribution in [3.63, 3.8) is 0 Å². The number of unbranched alkanes of at least 4 members (excludes halogenated alkanes) is 23. The highest BCUT2D eigenvalue weighted by Gasteiger charge is 2.51. The SMILES string of the molecule is CC/C=C\C/C=C\C/C=C\C/C=C\C/C=C\C/C=C\CCC(=O)NC(COC1OC(CO)C(OC2OC(CO)C(O)C(O)C2O)C(O)C1O)C(O)/C=C/CC/C=C/CC/C=C/CCCCCCCCCCCCCCCCCCCCCCC. The van der Waals surface area contributed by atoms with E-state index in [9.17, 15) is 45.6 Å². The van der Waals surface area contributed by atoms with Gasteiger partial charge in [-0.3, -0.25) is 4.79 Å². The molecule has 2 aliphatic rings. The second-order valence-electron chi connectivity index (χ2n) is 22.8. The lowest BCUT2D eigenvalue weighted by molar-refractivity contribution is -0.359. The lowest BCUT2D eigenvalue weighted by Gasteiger charge is -2.46. The van der Waals surface area contributed by atoms with E-state index in [1.807, 2.05) is 18.2 Å². The van der Waals surface area contributed by atoms with E-state index in [0.29, 0.717) is 12.8 Å². The fourth-order valence-corrected chi connectivity index (χ4v) is 10.2. The number of hydrogen-bond acceptors (Lipinski definition) is 13. The molecule has 0 aliphatic carbocycles. The maximum Gasteiger partial charge on any atom is 0.220 e. The zero-order valence-electron chi connectivity index (χ0n) is 52.1. The molecule has 14 nitrogen and oxygen atoms in total.